The number of carbonyl (C=O) groups excluding carboxylic acids is 1. The van der Waals surface area contributed by atoms with Crippen molar-refractivity contribution in [2.75, 3.05) is 36.4 Å². The molecule has 1 fully saturated rings. The predicted octanol–water partition coefficient (Wildman–Crippen LogP) is 4.42. The summed E-state index contributed by atoms with van der Waals surface area (Å²) in [6.07, 6.45) is 1.17. The van der Waals surface area contributed by atoms with Gasteiger partial charge in [0.05, 0.1) is 12.1 Å². The van der Waals surface area contributed by atoms with Crippen LogP contribution in [-0.2, 0) is 11.3 Å². The first kappa shape index (κ1) is 25.1. The molecule has 0 radical (unpaired) electrons. The smallest absolute Gasteiger partial charge is 0.242 e. The maximum Gasteiger partial charge on any atom is 0.242 e. The Balaban J connectivity index is 1.43. The lowest BCUT2D eigenvalue weighted by atomic mass is 10.2. The van der Waals surface area contributed by atoms with Crippen LogP contribution in [-0.4, -0.2) is 46.5 Å². The summed E-state index contributed by atoms with van der Waals surface area (Å²) in [6, 6.07) is 12.0. The lowest BCUT2D eigenvalue weighted by Gasteiger charge is -2.29. The van der Waals surface area contributed by atoms with Gasteiger partial charge in [0.2, 0.25) is 5.88 Å². The quantitative estimate of drug-likeness (QED) is 0.371. The molecule has 0 bridgehead atoms. The van der Waals surface area contributed by atoms with Gasteiger partial charge in [0, 0.05) is 54.7 Å². The molecule has 1 aliphatic rings. The zero-order valence-electron chi connectivity index (χ0n) is 20.9. The molecular formula is C27H25F2N7O2. The second-order valence-corrected chi connectivity index (χ2v) is 9.03. The standard InChI is InChI=1S/C27H25F2N7O2/c1-16-11-20-24(29)23(12-22(28)25(20)36(16)14-17(2)37)38-27-21(13-30)26(32-15-33-27)34-18-3-5-19(6-4-18)35-9-7-31-8-10-35/h3-6,11-12,15,31H,7-10,14H2,1-2H3,(H,32,33,34). The lowest BCUT2D eigenvalue weighted by Crippen LogP contribution is -2.43. The molecule has 1 aliphatic heterocycles. The normalized spacial score (nSPS) is 13.4. The molecule has 2 N–H and O–H groups in total. The molecule has 0 saturated carbocycles. The first-order valence-corrected chi connectivity index (χ1v) is 12.1. The number of piperazine rings is 1. The molecule has 0 aliphatic carbocycles. The SMILES string of the molecule is CC(=O)Cn1c(C)cc2c(F)c(Oc3ncnc(Nc4ccc(N5CCNCC5)cc4)c3C#N)cc(F)c21. The number of anilines is 3. The lowest BCUT2D eigenvalue weighted by molar-refractivity contribution is -0.117. The Bertz CT molecular complexity index is 1550. The van der Waals surface area contributed by atoms with E-state index in [1.165, 1.54) is 23.9 Å². The molecule has 9 nitrogen and oxygen atoms in total. The molecule has 0 atom stereocenters. The summed E-state index contributed by atoms with van der Waals surface area (Å²) in [5.74, 6) is -2.27. The Morgan fingerprint density at radius 1 is 1.18 bits per heavy atom. The fourth-order valence-corrected chi connectivity index (χ4v) is 4.54. The Morgan fingerprint density at radius 3 is 2.61 bits per heavy atom. The Kier molecular flexibility index (Phi) is 6.89. The fourth-order valence-electron chi connectivity index (χ4n) is 4.54. The average molecular weight is 518 g/mol. The van der Waals surface area contributed by atoms with Gasteiger partial charge in [0.15, 0.2) is 28.8 Å². The van der Waals surface area contributed by atoms with Crippen molar-refractivity contribution >= 4 is 33.9 Å². The van der Waals surface area contributed by atoms with Crippen molar-refractivity contribution in [3.63, 3.8) is 0 Å². The van der Waals surface area contributed by atoms with E-state index in [9.17, 15) is 10.1 Å². The number of hydrogen-bond acceptors (Lipinski definition) is 8. The van der Waals surface area contributed by atoms with Crippen molar-refractivity contribution in [2.24, 2.45) is 0 Å². The van der Waals surface area contributed by atoms with E-state index in [1.807, 2.05) is 30.3 Å². The van der Waals surface area contributed by atoms with Crippen LogP contribution < -0.4 is 20.3 Å². The van der Waals surface area contributed by atoms with Crippen molar-refractivity contribution < 1.29 is 18.3 Å². The predicted molar refractivity (Wildman–Crippen MR) is 139 cm³/mol. The van der Waals surface area contributed by atoms with Gasteiger partial charge in [-0.3, -0.25) is 4.79 Å². The molecule has 4 aromatic rings. The van der Waals surface area contributed by atoms with E-state index < -0.39 is 17.4 Å². The number of rotatable bonds is 7. The summed E-state index contributed by atoms with van der Waals surface area (Å²) < 4.78 is 37.5. The zero-order chi connectivity index (χ0) is 26.8. The molecule has 11 heteroatoms. The van der Waals surface area contributed by atoms with Gasteiger partial charge in [-0.1, -0.05) is 0 Å². The third-order valence-electron chi connectivity index (χ3n) is 6.36. The highest BCUT2D eigenvalue weighted by atomic mass is 19.1. The van der Waals surface area contributed by atoms with E-state index in [0.717, 1.165) is 37.9 Å². The van der Waals surface area contributed by atoms with Gasteiger partial charge >= 0.3 is 0 Å². The number of hydrogen-bond donors (Lipinski definition) is 2. The largest absolute Gasteiger partial charge is 0.434 e. The maximum absolute atomic E-state index is 15.4. The molecule has 0 unspecified atom stereocenters. The second-order valence-electron chi connectivity index (χ2n) is 9.03. The monoisotopic (exact) mass is 517 g/mol. The highest BCUT2D eigenvalue weighted by Gasteiger charge is 2.22. The minimum Gasteiger partial charge on any atom is -0.434 e. The molecule has 194 valence electrons. The van der Waals surface area contributed by atoms with Crippen LogP contribution >= 0.6 is 0 Å². The van der Waals surface area contributed by atoms with Gasteiger partial charge in [-0.2, -0.15) is 5.26 Å². The first-order chi connectivity index (χ1) is 18.4. The van der Waals surface area contributed by atoms with Crippen molar-refractivity contribution in [1.82, 2.24) is 19.9 Å². The van der Waals surface area contributed by atoms with Gasteiger partial charge in [-0.25, -0.2) is 18.7 Å². The number of benzene rings is 2. The van der Waals surface area contributed by atoms with Crippen molar-refractivity contribution in [3.8, 4) is 17.7 Å². The van der Waals surface area contributed by atoms with Crippen LogP contribution in [0.1, 0.15) is 18.2 Å². The van der Waals surface area contributed by atoms with E-state index in [1.54, 1.807) is 6.92 Å². The minimum atomic E-state index is -0.827. The van der Waals surface area contributed by atoms with Crippen LogP contribution in [0, 0.1) is 29.9 Å². The van der Waals surface area contributed by atoms with Crippen molar-refractivity contribution in [2.45, 2.75) is 20.4 Å². The molecule has 1 saturated heterocycles. The first-order valence-electron chi connectivity index (χ1n) is 12.1. The van der Waals surface area contributed by atoms with Gasteiger partial charge in [0.25, 0.3) is 0 Å². The fraction of sp³-hybridized carbons (Fsp3) is 0.259. The second kappa shape index (κ2) is 10.4. The summed E-state index contributed by atoms with van der Waals surface area (Å²) in [7, 11) is 0. The molecule has 0 spiro atoms. The number of nitrogens with one attached hydrogen (secondary N) is 2. The topological polar surface area (TPSA) is 108 Å². The number of halogens is 2. The number of carbonyl (C=O) groups is 1. The molecule has 2 aromatic heterocycles. The summed E-state index contributed by atoms with van der Waals surface area (Å²) in [5, 5.41) is 16.2. The molecule has 0 amide bonds. The van der Waals surface area contributed by atoms with Crippen LogP contribution in [0.25, 0.3) is 10.9 Å². The summed E-state index contributed by atoms with van der Waals surface area (Å²) in [5.41, 5.74) is 2.20. The van der Waals surface area contributed by atoms with E-state index in [4.69, 9.17) is 4.74 Å². The molecule has 38 heavy (non-hydrogen) atoms. The van der Waals surface area contributed by atoms with Crippen LogP contribution in [0.2, 0.25) is 0 Å². The van der Waals surface area contributed by atoms with E-state index in [0.29, 0.717) is 11.4 Å². The molecule has 3 heterocycles. The van der Waals surface area contributed by atoms with E-state index >= 15 is 8.78 Å². The van der Waals surface area contributed by atoms with Crippen molar-refractivity contribution in [3.05, 3.63) is 65.6 Å². The molecule has 2 aromatic carbocycles. The van der Waals surface area contributed by atoms with Crippen LogP contribution in [0.3, 0.4) is 0 Å². The Hall–Kier alpha value is -4.56. The number of ether oxygens (including phenoxy) is 1. The summed E-state index contributed by atoms with van der Waals surface area (Å²) in [6.45, 7) is 6.65. The third kappa shape index (κ3) is 4.86. The summed E-state index contributed by atoms with van der Waals surface area (Å²) in [4.78, 5) is 22.0. The number of aryl methyl sites for hydroxylation is 1. The number of ketones is 1. The number of nitriles is 1. The van der Waals surface area contributed by atoms with Gasteiger partial charge in [-0.15, -0.1) is 0 Å². The highest BCUT2D eigenvalue weighted by molar-refractivity contribution is 5.86. The van der Waals surface area contributed by atoms with Gasteiger partial charge in [0.1, 0.15) is 18.2 Å². The van der Waals surface area contributed by atoms with E-state index in [2.05, 4.69) is 25.5 Å². The van der Waals surface area contributed by atoms with Gasteiger partial charge < -0.3 is 24.8 Å². The number of aromatic nitrogens is 3. The van der Waals surface area contributed by atoms with Crippen LogP contribution in [0.15, 0.2) is 42.7 Å². The molecular weight excluding hydrogens is 492 g/mol. The summed E-state index contributed by atoms with van der Waals surface area (Å²) >= 11 is 0. The van der Waals surface area contributed by atoms with Gasteiger partial charge in [-0.05, 0) is 44.2 Å². The minimum absolute atomic E-state index is 0.0302. The number of Topliss-reactive ketones (excluding diaryl/α,β-unsaturated/α-hetero) is 1. The number of fused-ring (bicyclic) bond motifs is 1. The van der Waals surface area contributed by atoms with Crippen LogP contribution in [0.5, 0.6) is 11.6 Å². The molecule has 5 rings (SSSR count). The highest BCUT2D eigenvalue weighted by Crippen LogP contribution is 2.35. The van der Waals surface area contributed by atoms with E-state index in [-0.39, 0.29) is 40.5 Å². The Morgan fingerprint density at radius 2 is 1.92 bits per heavy atom. The number of nitrogens with zero attached hydrogens (tertiary/aromatic N) is 5. The van der Waals surface area contributed by atoms with Crippen molar-refractivity contribution in [1.29, 1.82) is 5.26 Å². The third-order valence-corrected chi connectivity index (χ3v) is 6.36. The van der Waals surface area contributed by atoms with Crippen LogP contribution in [0.4, 0.5) is 26.0 Å². The maximum atomic E-state index is 15.4. The Labute approximate surface area is 217 Å². The zero-order valence-corrected chi connectivity index (χ0v) is 20.9. The average Bonchev–Trinajstić information content (AvgIpc) is 3.24.